The zero-order chi connectivity index (χ0) is 13.5. The SMILES string of the molecule is O=C(CN(CCO)CCO)c1ccc(O)c(O)c1. The largest absolute Gasteiger partial charge is 0.504 e. The molecule has 4 N–H and O–H groups in total. The number of carbonyl (C=O) groups excluding carboxylic acids is 1. The van der Waals surface area contributed by atoms with Gasteiger partial charge in [0, 0.05) is 18.7 Å². The summed E-state index contributed by atoms with van der Waals surface area (Å²) in [6.45, 7) is 0.403. The Labute approximate surface area is 105 Å². The van der Waals surface area contributed by atoms with Gasteiger partial charge in [0.1, 0.15) is 0 Å². The molecule has 0 aliphatic rings. The molecule has 1 aromatic carbocycles. The van der Waals surface area contributed by atoms with Gasteiger partial charge in [0.15, 0.2) is 17.3 Å². The Hall–Kier alpha value is -1.63. The topological polar surface area (TPSA) is 101 Å². The highest BCUT2D eigenvalue weighted by molar-refractivity contribution is 5.98. The van der Waals surface area contributed by atoms with E-state index in [9.17, 15) is 9.90 Å². The average Bonchev–Trinajstić information content (AvgIpc) is 2.33. The minimum Gasteiger partial charge on any atom is -0.504 e. The summed E-state index contributed by atoms with van der Waals surface area (Å²) in [7, 11) is 0. The fourth-order valence-electron chi connectivity index (χ4n) is 1.54. The van der Waals surface area contributed by atoms with Crippen LogP contribution >= 0.6 is 0 Å². The van der Waals surface area contributed by atoms with Crippen LogP contribution in [0.15, 0.2) is 18.2 Å². The number of benzene rings is 1. The van der Waals surface area contributed by atoms with Gasteiger partial charge in [0.25, 0.3) is 0 Å². The first kappa shape index (κ1) is 14.4. The molecule has 0 unspecified atom stereocenters. The first-order valence-corrected chi connectivity index (χ1v) is 5.57. The van der Waals surface area contributed by atoms with Crippen molar-refractivity contribution in [1.82, 2.24) is 4.90 Å². The van der Waals surface area contributed by atoms with E-state index in [0.29, 0.717) is 0 Å². The van der Waals surface area contributed by atoms with Crippen LogP contribution in [0.3, 0.4) is 0 Å². The first-order valence-electron chi connectivity index (χ1n) is 5.57. The molecule has 6 heteroatoms. The number of hydrogen-bond acceptors (Lipinski definition) is 6. The minimum absolute atomic E-state index is 0.0331. The Kier molecular flexibility index (Phi) is 5.57. The van der Waals surface area contributed by atoms with Gasteiger partial charge in [-0.25, -0.2) is 0 Å². The van der Waals surface area contributed by atoms with Crippen molar-refractivity contribution in [3.05, 3.63) is 23.8 Å². The van der Waals surface area contributed by atoms with Crippen molar-refractivity contribution in [1.29, 1.82) is 0 Å². The number of aromatic hydroxyl groups is 2. The van der Waals surface area contributed by atoms with E-state index in [1.54, 1.807) is 4.90 Å². The van der Waals surface area contributed by atoms with Crippen molar-refractivity contribution < 1.29 is 25.2 Å². The van der Waals surface area contributed by atoms with Crippen LogP contribution in [0.4, 0.5) is 0 Å². The number of phenols is 2. The quantitative estimate of drug-likeness (QED) is 0.389. The molecule has 0 aromatic heterocycles. The van der Waals surface area contributed by atoms with Gasteiger partial charge in [0.2, 0.25) is 0 Å². The smallest absolute Gasteiger partial charge is 0.176 e. The number of nitrogens with zero attached hydrogens (tertiary/aromatic N) is 1. The summed E-state index contributed by atoms with van der Waals surface area (Å²) in [4.78, 5) is 13.5. The highest BCUT2D eigenvalue weighted by Crippen LogP contribution is 2.25. The normalized spacial score (nSPS) is 10.8. The molecule has 0 bridgehead atoms. The third-order valence-corrected chi connectivity index (χ3v) is 2.50. The molecule has 18 heavy (non-hydrogen) atoms. The van der Waals surface area contributed by atoms with E-state index in [1.165, 1.54) is 18.2 Å². The second-order valence-electron chi connectivity index (χ2n) is 3.85. The van der Waals surface area contributed by atoms with Crippen LogP contribution < -0.4 is 0 Å². The number of ketones is 1. The third kappa shape index (κ3) is 3.99. The van der Waals surface area contributed by atoms with Crippen LogP contribution in [0.1, 0.15) is 10.4 Å². The van der Waals surface area contributed by atoms with Crippen molar-refractivity contribution in [2.45, 2.75) is 0 Å². The van der Waals surface area contributed by atoms with E-state index in [2.05, 4.69) is 0 Å². The van der Waals surface area contributed by atoms with Crippen molar-refractivity contribution in [2.24, 2.45) is 0 Å². The molecule has 0 saturated heterocycles. The standard InChI is InChI=1S/C12H17NO5/c14-5-3-13(4-6-15)8-12(18)9-1-2-10(16)11(17)7-9/h1-2,7,14-17H,3-6,8H2. The number of phenolic OH excluding ortho intramolecular Hbond substituents is 2. The second kappa shape index (κ2) is 6.95. The lowest BCUT2D eigenvalue weighted by Crippen LogP contribution is -2.34. The number of aliphatic hydroxyl groups is 2. The molecule has 100 valence electrons. The molecule has 0 spiro atoms. The fourth-order valence-corrected chi connectivity index (χ4v) is 1.54. The number of rotatable bonds is 7. The van der Waals surface area contributed by atoms with Gasteiger partial charge >= 0.3 is 0 Å². The van der Waals surface area contributed by atoms with E-state index in [1.807, 2.05) is 0 Å². The summed E-state index contributed by atoms with van der Waals surface area (Å²) in [5.41, 5.74) is 0.270. The van der Waals surface area contributed by atoms with E-state index in [-0.39, 0.29) is 55.7 Å². The van der Waals surface area contributed by atoms with Crippen LogP contribution in [0.25, 0.3) is 0 Å². The van der Waals surface area contributed by atoms with Crippen molar-refractivity contribution in [3.63, 3.8) is 0 Å². The number of aliphatic hydroxyl groups excluding tert-OH is 2. The van der Waals surface area contributed by atoms with Crippen LogP contribution in [-0.2, 0) is 0 Å². The zero-order valence-corrected chi connectivity index (χ0v) is 9.91. The molecule has 0 amide bonds. The minimum atomic E-state index is -0.350. The lowest BCUT2D eigenvalue weighted by atomic mass is 10.1. The summed E-state index contributed by atoms with van der Waals surface area (Å²) < 4.78 is 0. The summed E-state index contributed by atoms with van der Waals surface area (Å²) in [6.07, 6.45) is 0. The molecule has 0 saturated carbocycles. The van der Waals surface area contributed by atoms with Crippen molar-refractivity contribution in [3.8, 4) is 11.5 Å². The maximum atomic E-state index is 11.9. The molecule has 0 fully saturated rings. The molecular formula is C12H17NO5. The van der Waals surface area contributed by atoms with Crippen LogP contribution in [0.5, 0.6) is 11.5 Å². The van der Waals surface area contributed by atoms with Gasteiger partial charge in [-0.2, -0.15) is 0 Å². The van der Waals surface area contributed by atoms with Gasteiger partial charge in [-0.15, -0.1) is 0 Å². The zero-order valence-electron chi connectivity index (χ0n) is 9.91. The van der Waals surface area contributed by atoms with Gasteiger partial charge in [0.05, 0.1) is 19.8 Å². The van der Waals surface area contributed by atoms with E-state index in [4.69, 9.17) is 15.3 Å². The second-order valence-corrected chi connectivity index (χ2v) is 3.85. The summed E-state index contributed by atoms with van der Waals surface area (Å²) >= 11 is 0. The van der Waals surface area contributed by atoms with E-state index < -0.39 is 0 Å². The first-order chi connectivity index (χ1) is 8.58. The molecule has 0 heterocycles. The third-order valence-electron chi connectivity index (χ3n) is 2.50. The predicted molar refractivity (Wildman–Crippen MR) is 64.7 cm³/mol. The Balaban J connectivity index is 2.70. The average molecular weight is 255 g/mol. The molecule has 1 aromatic rings. The Bertz CT molecular complexity index is 401. The Morgan fingerprint density at radius 2 is 1.67 bits per heavy atom. The lowest BCUT2D eigenvalue weighted by molar-refractivity contribution is 0.0893. The molecular weight excluding hydrogens is 238 g/mol. The number of carbonyl (C=O) groups is 1. The molecule has 0 atom stereocenters. The van der Waals surface area contributed by atoms with Gasteiger partial charge in [-0.1, -0.05) is 0 Å². The number of hydrogen-bond donors (Lipinski definition) is 4. The predicted octanol–water partition coefficient (Wildman–Crippen LogP) is -0.433. The van der Waals surface area contributed by atoms with Crippen molar-refractivity contribution >= 4 is 5.78 Å². The highest BCUT2D eigenvalue weighted by atomic mass is 16.3. The maximum Gasteiger partial charge on any atom is 0.176 e. The van der Waals surface area contributed by atoms with Gasteiger partial charge in [-0.05, 0) is 18.2 Å². The molecule has 1 rings (SSSR count). The molecule has 0 aliphatic heterocycles. The van der Waals surface area contributed by atoms with E-state index in [0.717, 1.165) is 0 Å². The van der Waals surface area contributed by atoms with Gasteiger partial charge < -0.3 is 20.4 Å². The van der Waals surface area contributed by atoms with Crippen LogP contribution in [0, 0.1) is 0 Å². The number of Topliss-reactive ketones (excluding diaryl/α,β-unsaturated/α-hetero) is 1. The summed E-state index contributed by atoms with van der Waals surface area (Å²) in [5.74, 6) is -0.891. The molecule has 0 radical (unpaired) electrons. The molecule has 0 aliphatic carbocycles. The Morgan fingerprint density at radius 1 is 1.06 bits per heavy atom. The summed E-state index contributed by atoms with van der Waals surface area (Å²) in [6, 6.07) is 3.84. The maximum absolute atomic E-state index is 11.9. The van der Waals surface area contributed by atoms with Gasteiger partial charge in [-0.3, -0.25) is 9.69 Å². The van der Waals surface area contributed by atoms with Crippen LogP contribution in [-0.4, -0.2) is 64.0 Å². The van der Waals surface area contributed by atoms with E-state index >= 15 is 0 Å². The Morgan fingerprint density at radius 3 is 2.17 bits per heavy atom. The highest BCUT2D eigenvalue weighted by Gasteiger charge is 2.13. The van der Waals surface area contributed by atoms with Crippen LogP contribution in [0.2, 0.25) is 0 Å². The van der Waals surface area contributed by atoms with Crippen molar-refractivity contribution in [2.75, 3.05) is 32.8 Å². The lowest BCUT2D eigenvalue weighted by Gasteiger charge is -2.19. The summed E-state index contributed by atoms with van der Waals surface area (Å²) in [5, 5.41) is 36.1. The fraction of sp³-hybridized carbons (Fsp3) is 0.417. The molecule has 6 nitrogen and oxygen atoms in total. The monoisotopic (exact) mass is 255 g/mol.